The number of halogens is 3. The Bertz CT molecular complexity index is 384. The predicted molar refractivity (Wildman–Crippen MR) is 56.1 cm³/mol. The van der Waals surface area contributed by atoms with E-state index in [0.717, 1.165) is 12.8 Å². The Labute approximate surface area is 94.7 Å². The minimum atomic E-state index is -4.20. The molecule has 1 aliphatic carbocycles. The van der Waals surface area contributed by atoms with Gasteiger partial charge in [0.05, 0.1) is 4.88 Å². The van der Waals surface area contributed by atoms with Gasteiger partial charge in [0, 0.05) is 17.1 Å². The van der Waals surface area contributed by atoms with Crippen LogP contribution in [0, 0.1) is 0 Å². The fraction of sp³-hybridized carbons (Fsp3) is 0.500. The van der Waals surface area contributed by atoms with Gasteiger partial charge >= 0.3 is 6.18 Å². The van der Waals surface area contributed by atoms with Crippen LogP contribution >= 0.6 is 11.3 Å². The van der Waals surface area contributed by atoms with Crippen molar-refractivity contribution in [2.75, 3.05) is 11.4 Å². The summed E-state index contributed by atoms with van der Waals surface area (Å²) in [6, 6.07) is 1.50. The number of aldehydes is 1. The molecule has 0 aliphatic heterocycles. The second-order valence-electron chi connectivity index (χ2n) is 3.80. The molecule has 2 nitrogen and oxygen atoms in total. The van der Waals surface area contributed by atoms with Crippen LogP contribution in [0.4, 0.5) is 18.9 Å². The molecule has 1 aliphatic rings. The largest absolute Gasteiger partial charge is 0.405 e. The van der Waals surface area contributed by atoms with Gasteiger partial charge in [0.2, 0.25) is 0 Å². The Kier molecular flexibility index (Phi) is 2.92. The molecule has 0 bridgehead atoms. The summed E-state index contributed by atoms with van der Waals surface area (Å²) in [5, 5.41) is 1.60. The molecule has 1 aromatic heterocycles. The van der Waals surface area contributed by atoms with Gasteiger partial charge in [-0.2, -0.15) is 13.2 Å². The van der Waals surface area contributed by atoms with Gasteiger partial charge in [0.15, 0.2) is 6.29 Å². The van der Waals surface area contributed by atoms with Crippen LogP contribution in [0.3, 0.4) is 0 Å². The third-order valence-electron chi connectivity index (χ3n) is 2.39. The summed E-state index contributed by atoms with van der Waals surface area (Å²) in [5.74, 6) is 0. The number of anilines is 1. The molecule has 0 radical (unpaired) electrons. The maximum Gasteiger partial charge on any atom is 0.405 e. The number of rotatable bonds is 4. The summed E-state index contributed by atoms with van der Waals surface area (Å²) < 4.78 is 37.1. The van der Waals surface area contributed by atoms with Crippen LogP contribution in [0.25, 0.3) is 0 Å². The molecule has 0 N–H and O–H groups in total. The van der Waals surface area contributed by atoms with Gasteiger partial charge in [-0.15, -0.1) is 11.3 Å². The molecule has 0 aromatic carbocycles. The van der Waals surface area contributed by atoms with Gasteiger partial charge in [0.1, 0.15) is 6.54 Å². The van der Waals surface area contributed by atoms with Gasteiger partial charge in [-0.3, -0.25) is 4.79 Å². The van der Waals surface area contributed by atoms with E-state index >= 15 is 0 Å². The lowest BCUT2D eigenvalue weighted by atomic mass is 10.3. The molecule has 2 rings (SSSR count). The van der Waals surface area contributed by atoms with Crippen LogP contribution < -0.4 is 4.90 Å². The maximum atomic E-state index is 12.4. The van der Waals surface area contributed by atoms with E-state index in [9.17, 15) is 18.0 Å². The molecule has 1 saturated carbocycles. The van der Waals surface area contributed by atoms with E-state index in [2.05, 4.69) is 0 Å². The van der Waals surface area contributed by atoms with Crippen molar-refractivity contribution >= 4 is 23.3 Å². The Morgan fingerprint density at radius 1 is 1.50 bits per heavy atom. The van der Waals surface area contributed by atoms with Crippen LogP contribution in [0.5, 0.6) is 0 Å². The van der Waals surface area contributed by atoms with Crippen molar-refractivity contribution in [3.05, 3.63) is 16.3 Å². The van der Waals surface area contributed by atoms with Gasteiger partial charge in [0.25, 0.3) is 0 Å². The topological polar surface area (TPSA) is 20.3 Å². The summed E-state index contributed by atoms with van der Waals surface area (Å²) in [4.78, 5) is 12.3. The first kappa shape index (κ1) is 11.4. The van der Waals surface area contributed by atoms with Gasteiger partial charge in [-0.25, -0.2) is 0 Å². The molecule has 0 unspecified atom stereocenters. The molecule has 6 heteroatoms. The maximum absolute atomic E-state index is 12.4. The fourth-order valence-corrected chi connectivity index (χ4v) is 2.27. The lowest BCUT2D eigenvalue weighted by Crippen LogP contribution is -2.35. The summed E-state index contributed by atoms with van der Waals surface area (Å²) in [7, 11) is 0. The molecule has 0 atom stereocenters. The van der Waals surface area contributed by atoms with Crippen molar-refractivity contribution in [3.63, 3.8) is 0 Å². The molecule has 0 amide bonds. The standard InChI is InChI=1S/C10H10F3NOS/c11-10(12,13)6-14(7-1-2-7)8-3-9(4-15)16-5-8/h3-5,7H,1-2,6H2. The minimum Gasteiger partial charge on any atom is -0.359 e. The predicted octanol–water partition coefficient (Wildman–Crippen LogP) is 3.09. The Morgan fingerprint density at radius 3 is 2.62 bits per heavy atom. The molecular formula is C10H10F3NOS. The zero-order valence-electron chi connectivity index (χ0n) is 8.33. The van der Waals surface area contributed by atoms with E-state index in [1.807, 2.05) is 0 Å². The second-order valence-corrected chi connectivity index (χ2v) is 4.74. The SMILES string of the molecule is O=Cc1cc(N(CC(F)(F)F)C2CC2)cs1. The Balaban J connectivity index is 2.15. The van der Waals surface area contributed by atoms with Crippen molar-refractivity contribution in [3.8, 4) is 0 Å². The van der Waals surface area contributed by atoms with E-state index in [1.54, 1.807) is 5.38 Å². The van der Waals surface area contributed by atoms with Crippen LogP contribution in [-0.4, -0.2) is 25.0 Å². The number of carbonyl (C=O) groups excluding carboxylic acids is 1. The highest BCUT2D eigenvalue weighted by atomic mass is 32.1. The molecular weight excluding hydrogens is 239 g/mol. The van der Waals surface area contributed by atoms with Crippen molar-refractivity contribution in [2.24, 2.45) is 0 Å². The smallest absolute Gasteiger partial charge is 0.359 e. The van der Waals surface area contributed by atoms with E-state index in [-0.39, 0.29) is 6.04 Å². The number of thiophene rings is 1. The van der Waals surface area contributed by atoms with Crippen LogP contribution in [0.2, 0.25) is 0 Å². The van der Waals surface area contributed by atoms with Gasteiger partial charge < -0.3 is 4.90 Å². The first-order valence-corrected chi connectivity index (χ1v) is 5.74. The summed E-state index contributed by atoms with van der Waals surface area (Å²) in [5.41, 5.74) is 0.506. The quantitative estimate of drug-likeness (QED) is 0.764. The molecule has 0 saturated heterocycles. The van der Waals surface area contributed by atoms with Crippen molar-refractivity contribution < 1.29 is 18.0 Å². The average molecular weight is 249 g/mol. The van der Waals surface area contributed by atoms with Crippen molar-refractivity contribution in [2.45, 2.75) is 25.1 Å². The third-order valence-corrected chi connectivity index (χ3v) is 3.24. The first-order chi connectivity index (χ1) is 7.49. The highest BCUT2D eigenvalue weighted by molar-refractivity contribution is 7.12. The highest BCUT2D eigenvalue weighted by Gasteiger charge is 2.38. The average Bonchev–Trinajstić information content (AvgIpc) is 2.91. The van der Waals surface area contributed by atoms with E-state index in [1.165, 1.54) is 22.3 Å². The van der Waals surface area contributed by atoms with Crippen LogP contribution in [0.1, 0.15) is 22.5 Å². The minimum absolute atomic E-state index is 0.0178. The van der Waals surface area contributed by atoms with Crippen LogP contribution in [-0.2, 0) is 0 Å². The van der Waals surface area contributed by atoms with Crippen LogP contribution in [0.15, 0.2) is 11.4 Å². The summed E-state index contributed by atoms with van der Waals surface area (Å²) >= 11 is 1.17. The molecule has 0 spiro atoms. The zero-order chi connectivity index (χ0) is 11.8. The number of hydrogen-bond acceptors (Lipinski definition) is 3. The lowest BCUT2D eigenvalue weighted by Gasteiger charge is -2.24. The van der Waals surface area contributed by atoms with E-state index < -0.39 is 12.7 Å². The first-order valence-electron chi connectivity index (χ1n) is 4.87. The van der Waals surface area contributed by atoms with E-state index in [4.69, 9.17) is 0 Å². The number of carbonyl (C=O) groups is 1. The molecule has 1 heterocycles. The zero-order valence-corrected chi connectivity index (χ0v) is 9.14. The fourth-order valence-electron chi connectivity index (χ4n) is 1.57. The Hall–Kier alpha value is -1.04. The Morgan fingerprint density at radius 2 is 2.19 bits per heavy atom. The van der Waals surface area contributed by atoms with Crippen molar-refractivity contribution in [1.29, 1.82) is 0 Å². The monoisotopic (exact) mass is 249 g/mol. The summed E-state index contributed by atoms with van der Waals surface area (Å²) in [6.07, 6.45) is -1.95. The normalized spacial score (nSPS) is 16.2. The number of hydrogen-bond donors (Lipinski definition) is 0. The second kappa shape index (κ2) is 4.08. The third kappa shape index (κ3) is 2.75. The van der Waals surface area contributed by atoms with Crippen molar-refractivity contribution in [1.82, 2.24) is 0 Å². The number of alkyl halides is 3. The van der Waals surface area contributed by atoms with E-state index in [0.29, 0.717) is 16.9 Å². The molecule has 16 heavy (non-hydrogen) atoms. The molecule has 1 aromatic rings. The molecule has 88 valence electrons. The number of nitrogens with zero attached hydrogens (tertiary/aromatic N) is 1. The van der Waals surface area contributed by atoms with Gasteiger partial charge in [-0.1, -0.05) is 0 Å². The van der Waals surface area contributed by atoms with Gasteiger partial charge in [-0.05, 0) is 18.9 Å². The molecule has 1 fully saturated rings. The summed E-state index contributed by atoms with van der Waals surface area (Å²) in [6.45, 7) is -0.938. The highest BCUT2D eigenvalue weighted by Crippen LogP contribution is 2.36. The lowest BCUT2D eigenvalue weighted by molar-refractivity contribution is -0.119.